The Bertz CT molecular complexity index is 1010. The molecule has 4 heterocycles. The lowest BCUT2D eigenvalue weighted by atomic mass is 9.67. The van der Waals surface area contributed by atoms with Gasteiger partial charge in [-0.05, 0) is 86.7 Å². The first-order valence-electron chi connectivity index (χ1n) is 12.3. The van der Waals surface area contributed by atoms with E-state index < -0.39 is 23.8 Å². The Kier molecular flexibility index (Phi) is 4.92. The number of hydrogen-bond donors (Lipinski definition) is 2. The number of nitrogens with zero attached hydrogens (tertiary/aromatic N) is 2. The van der Waals surface area contributed by atoms with E-state index in [1.807, 2.05) is 12.1 Å². The van der Waals surface area contributed by atoms with Crippen molar-refractivity contribution in [3.05, 3.63) is 34.4 Å². The zero-order chi connectivity index (χ0) is 22.7. The van der Waals surface area contributed by atoms with Gasteiger partial charge in [0.25, 0.3) is 11.8 Å². The Morgan fingerprint density at radius 2 is 1.42 bits per heavy atom. The number of carbonyl (C=O) groups is 4. The minimum absolute atomic E-state index is 0.133. The van der Waals surface area contributed by atoms with Crippen LogP contribution in [-0.2, 0) is 22.7 Å². The average molecular weight is 451 g/mol. The summed E-state index contributed by atoms with van der Waals surface area (Å²) in [6.45, 7) is 3.90. The molecule has 1 unspecified atom stereocenters. The summed E-state index contributed by atoms with van der Waals surface area (Å²) in [5, 5.41) is 5.73. The molecule has 3 fully saturated rings. The molecule has 0 aromatic heterocycles. The number of amides is 4. The van der Waals surface area contributed by atoms with Gasteiger partial charge in [0, 0.05) is 25.6 Å². The molecule has 33 heavy (non-hydrogen) atoms. The average Bonchev–Trinajstić information content (AvgIpc) is 3.33. The van der Waals surface area contributed by atoms with Crippen molar-refractivity contribution in [2.45, 2.75) is 76.5 Å². The van der Waals surface area contributed by atoms with Crippen molar-refractivity contribution in [2.24, 2.45) is 5.41 Å². The highest BCUT2D eigenvalue weighted by Gasteiger charge is 2.46. The van der Waals surface area contributed by atoms with Gasteiger partial charge >= 0.3 is 0 Å². The summed E-state index contributed by atoms with van der Waals surface area (Å²) in [6, 6.07) is 3.38. The molecule has 8 heteroatoms. The molecule has 4 amide bonds. The first-order chi connectivity index (χ1) is 15.9. The minimum atomic E-state index is -0.911. The van der Waals surface area contributed by atoms with Gasteiger partial charge in [0.1, 0.15) is 6.04 Å². The van der Waals surface area contributed by atoms with E-state index in [0.29, 0.717) is 22.6 Å². The van der Waals surface area contributed by atoms with Gasteiger partial charge in [0.15, 0.2) is 0 Å². The van der Waals surface area contributed by atoms with Crippen LogP contribution in [0.25, 0.3) is 0 Å². The Labute approximate surface area is 193 Å². The number of rotatable bonds is 2. The third-order valence-electron chi connectivity index (χ3n) is 8.70. The monoisotopic (exact) mass is 450 g/mol. The van der Waals surface area contributed by atoms with Gasteiger partial charge in [-0.25, -0.2) is 0 Å². The molecule has 0 radical (unpaired) electrons. The van der Waals surface area contributed by atoms with Crippen molar-refractivity contribution >= 4 is 23.6 Å². The SMILES string of the molecule is O=C1CCC(N2C(=O)c3cc4c(cc3C2=O)CN(C2CCC3(CCNCC3)CC2)C4)C(=O)N1. The molecule has 1 aromatic carbocycles. The maximum absolute atomic E-state index is 13.1. The molecular formula is C25H30N4O4. The molecule has 174 valence electrons. The fourth-order valence-electron chi connectivity index (χ4n) is 6.69. The maximum Gasteiger partial charge on any atom is 0.262 e. The molecule has 1 aromatic rings. The van der Waals surface area contributed by atoms with Crippen LogP contribution in [0.1, 0.15) is 83.2 Å². The van der Waals surface area contributed by atoms with E-state index in [0.717, 1.165) is 42.2 Å². The maximum atomic E-state index is 13.1. The van der Waals surface area contributed by atoms with E-state index in [1.165, 1.54) is 38.5 Å². The van der Waals surface area contributed by atoms with Crippen molar-refractivity contribution in [3.63, 3.8) is 0 Å². The van der Waals surface area contributed by atoms with Crippen molar-refractivity contribution in [1.29, 1.82) is 0 Å². The lowest BCUT2D eigenvalue weighted by Crippen LogP contribution is -2.54. The Morgan fingerprint density at radius 3 is 2.00 bits per heavy atom. The zero-order valence-electron chi connectivity index (χ0n) is 18.8. The van der Waals surface area contributed by atoms with Crippen LogP contribution < -0.4 is 10.6 Å². The number of piperidine rings is 2. The predicted molar refractivity (Wildman–Crippen MR) is 119 cm³/mol. The van der Waals surface area contributed by atoms with E-state index >= 15 is 0 Å². The first kappa shape index (κ1) is 21.0. The third-order valence-corrected chi connectivity index (χ3v) is 8.70. The Hall–Kier alpha value is -2.58. The molecule has 2 N–H and O–H groups in total. The number of nitrogens with one attached hydrogen (secondary N) is 2. The molecule has 1 saturated carbocycles. The van der Waals surface area contributed by atoms with E-state index in [9.17, 15) is 19.2 Å². The van der Waals surface area contributed by atoms with Crippen LogP contribution in [-0.4, -0.2) is 58.6 Å². The number of carbonyl (C=O) groups excluding carboxylic acids is 4. The molecule has 2 saturated heterocycles. The quantitative estimate of drug-likeness (QED) is 0.666. The molecule has 0 bridgehead atoms. The minimum Gasteiger partial charge on any atom is -0.317 e. The van der Waals surface area contributed by atoms with Gasteiger partial charge in [-0.15, -0.1) is 0 Å². The number of imide groups is 2. The molecule has 8 nitrogen and oxygen atoms in total. The second-order valence-electron chi connectivity index (χ2n) is 10.5. The summed E-state index contributed by atoms with van der Waals surface area (Å²) in [4.78, 5) is 53.5. The summed E-state index contributed by atoms with van der Waals surface area (Å²) >= 11 is 0. The Morgan fingerprint density at radius 1 is 0.818 bits per heavy atom. The van der Waals surface area contributed by atoms with Crippen LogP contribution in [0.3, 0.4) is 0 Å². The zero-order valence-corrected chi connectivity index (χ0v) is 18.8. The van der Waals surface area contributed by atoms with E-state index in [-0.39, 0.29) is 18.7 Å². The van der Waals surface area contributed by atoms with Crippen LogP contribution in [0.15, 0.2) is 12.1 Å². The van der Waals surface area contributed by atoms with Crippen LogP contribution in [0.5, 0.6) is 0 Å². The molecule has 6 rings (SSSR count). The van der Waals surface area contributed by atoms with Crippen molar-refractivity contribution in [1.82, 2.24) is 20.4 Å². The summed E-state index contributed by atoms with van der Waals surface area (Å²) in [6.07, 6.45) is 7.92. The normalized spacial score (nSPS) is 27.8. The van der Waals surface area contributed by atoms with Crippen molar-refractivity contribution in [3.8, 4) is 0 Å². The Balaban J connectivity index is 1.17. The van der Waals surface area contributed by atoms with E-state index in [4.69, 9.17) is 0 Å². The van der Waals surface area contributed by atoms with Gasteiger partial charge in [-0.1, -0.05) is 0 Å². The molecule has 5 aliphatic rings. The predicted octanol–water partition coefficient (Wildman–Crippen LogP) is 1.72. The number of hydrogen-bond acceptors (Lipinski definition) is 6. The van der Waals surface area contributed by atoms with Crippen LogP contribution in [0.2, 0.25) is 0 Å². The van der Waals surface area contributed by atoms with Crippen molar-refractivity contribution in [2.75, 3.05) is 13.1 Å². The van der Waals surface area contributed by atoms with Gasteiger partial charge in [-0.2, -0.15) is 0 Å². The standard InChI is InChI=1S/C25H30N4O4/c30-21-2-1-20(22(31)27-21)29-23(32)18-11-15-13-28(14-16(15)12-19(18)24(29)33)17-3-5-25(6-4-17)7-9-26-10-8-25/h11-12,17,20,26H,1-10,13-14H2,(H,27,30,31). The highest BCUT2D eigenvalue weighted by Crippen LogP contribution is 2.45. The van der Waals surface area contributed by atoms with Crippen molar-refractivity contribution < 1.29 is 19.2 Å². The highest BCUT2D eigenvalue weighted by atomic mass is 16.2. The first-order valence-corrected chi connectivity index (χ1v) is 12.3. The lowest BCUT2D eigenvalue weighted by molar-refractivity contribution is -0.136. The smallest absolute Gasteiger partial charge is 0.262 e. The second kappa shape index (κ2) is 7.74. The van der Waals surface area contributed by atoms with Crippen LogP contribution in [0, 0.1) is 5.41 Å². The van der Waals surface area contributed by atoms with Gasteiger partial charge in [0.05, 0.1) is 11.1 Å². The van der Waals surface area contributed by atoms with Gasteiger partial charge in [0.2, 0.25) is 11.8 Å². The van der Waals surface area contributed by atoms with Crippen LogP contribution in [0.4, 0.5) is 0 Å². The summed E-state index contributed by atoms with van der Waals surface area (Å²) in [7, 11) is 0. The largest absolute Gasteiger partial charge is 0.317 e. The van der Waals surface area contributed by atoms with Crippen LogP contribution >= 0.6 is 0 Å². The number of benzene rings is 1. The fraction of sp³-hybridized carbons (Fsp3) is 0.600. The molecule has 1 aliphatic carbocycles. The topological polar surface area (TPSA) is 98.8 Å². The lowest BCUT2D eigenvalue weighted by Gasteiger charge is -2.45. The number of fused-ring (bicyclic) bond motifs is 2. The highest BCUT2D eigenvalue weighted by molar-refractivity contribution is 6.23. The van der Waals surface area contributed by atoms with E-state index in [2.05, 4.69) is 15.5 Å². The summed E-state index contributed by atoms with van der Waals surface area (Å²) in [5.41, 5.74) is 3.54. The summed E-state index contributed by atoms with van der Waals surface area (Å²) in [5.74, 6) is -1.77. The van der Waals surface area contributed by atoms with Gasteiger partial charge < -0.3 is 5.32 Å². The molecule has 1 spiro atoms. The van der Waals surface area contributed by atoms with E-state index in [1.54, 1.807) is 0 Å². The summed E-state index contributed by atoms with van der Waals surface area (Å²) < 4.78 is 0. The second-order valence-corrected chi connectivity index (χ2v) is 10.5. The molecule has 4 aliphatic heterocycles. The fourth-order valence-corrected chi connectivity index (χ4v) is 6.69. The third kappa shape index (κ3) is 3.42. The molecule has 1 atom stereocenters. The molecular weight excluding hydrogens is 420 g/mol. The van der Waals surface area contributed by atoms with Gasteiger partial charge in [-0.3, -0.25) is 34.3 Å².